The molecule has 0 spiro atoms. The second-order valence-electron chi connectivity index (χ2n) is 4.70. The predicted octanol–water partition coefficient (Wildman–Crippen LogP) is 4.50. The average molecular weight is 320 g/mol. The molecule has 0 bridgehead atoms. The van der Waals surface area contributed by atoms with Crippen LogP contribution in [0.2, 0.25) is 5.02 Å². The molecule has 0 saturated carbocycles. The van der Waals surface area contributed by atoms with Crippen LogP contribution in [0, 0.1) is 0 Å². The monoisotopic (exact) mass is 319 g/mol. The Balaban J connectivity index is 1.95. The van der Waals surface area contributed by atoms with Gasteiger partial charge in [0.2, 0.25) is 0 Å². The van der Waals surface area contributed by atoms with Crippen LogP contribution in [0.15, 0.2) is 48.5 Å². The van der Waals surface area contributed by atoms with Crippen molar-refractivity contribution in [2.45, 2.75) is 19.9 Å². The van der Waals surface area contributed by atoms with E-state index in [1.165, 1.54) is 0 Å². The van der Waals surface area contributed by atoms with Gasteiger partial charge in [0, 0.05) is 10.7 Å². The Kier molecular flexibility index (Phi) is 5.67. The first-order chi connectivity index (χ1) is 10.6. The summed E-state index contributed by atoms with van der Waals surface area (Å²) in [6.45, 7) is 3.92. The van der Waals surface area contributed by atoms with Crippen LogP contribution >= 0.6 is 11.6 Å². The van der Waals surface area contributed by atoms with Crippen molar-refractivity contribution in [3.05, 3.63) is 53.6 Å². The molecule has 0 amide bonds. The van der Waals surface area contributed by atoms with E-state index < -0.39 is 6.04 Å². The van der Waals surface area contributed by atoms with Crippen molar-refractivity contribution in [1.29, 1.82) is 0 Å². The number of benzene rings is 2. The SMILES string of the molecule is CCOC(=O)C(C)Nc1ccc(Oc2ccc(Cl)cc2)cc1. The number of carbonyl (C=O) groups excluding carboxylic acids is 1. The van der Waals surface area contributed by atoms with Crippen LogP contribution in [-0.4, -0.2) is 18.6 Å². The molecule has 1 unspecified atom stereocenters. The molecule has 0 aliphatic carbocycles. The van der Waals surface area contributed by atoms with E-state index in [9.17, 15) is 4.79 Å². The summed E-state index contributed by atoms with van der Waals surface area (Å²) in [7, 11) is 0. The molecule has 22 heavy (non-hydrogen) atoms. The van der Waals surface area contributed by atoms with Gasteiger partial charge in [-0.15, -0.1) is 0 Å². The van der Waals surface area contributed by atoms with Gasteiger partial charge in [-0.1, -0.05) is 11.6 Å². The summed E-state index contributed by atoms with van der Waals surface area (Å²) in [5.74, 6) is 1.14. The van der Waals surface area contributed by atoms with Gasteiger partial charge >= 0.3 is 5.97 Å². The summed E-state index contributed by atoms with van der Waals surface area (Å²) in [5, 5.41) is 3.74. The third-order valence-electron chi connectivity index (χ3n) is 2.93. The molecule has 5 heteroatoms. The maximum atomic E-state index is 11.6. The smallest absolute Gasteiger partial charge is 0.328 e. The van der Waals surface area contributed by atoms with E-state index in [4.69, 9.17) is 21.1 Å². The Morgan fingerprint density at radius 3 is 2.18 bits per heavy atom. The van der Waals surface area contributed by atoms with Crippen molar-refractivity contribution >= 4 is 23.3 Å². The third-order valence-corrected chi connectivity index (χ3v) is 3.18. The molecule has 2 aromatic carbocycles. The van der Waals surface area contributed by atoms with Gasteiger partial charge in [0.1, 0.15) is 17.5 Å². The number of halogens is 1. The molecule has 4 nitrogen and oxygen atoms in total. The topological polar surface area (TPSA) is 47.6 Å². The first-order valence-corrected chi connectivity index (χ1v) is 7.43. The van der Waals surface area contributed by atoms with E-state index in [-0.39, 0.29) is 5.97 Å². The van der Waals surface area contributed by atoms with E-state index >= 15 is 0 Å². The fourth-order valence-corrected chi connectivity index (χ4v) is 1.96. The van der Waals surface area contributed by atoms with Gasteiger partial charge in [0.05, 0.1) is 6.61 Å². The molecule has 0 aliphatic heterocycles. The molecule has 0 aliphatic rings. The number of ether oxygens (including phenoxy) is 2. The number of nitrogens with one attached hydrogen (secondary N) is 1. The van der Waals surface area contributed by atoms with Crippen molar-refractivity contribution < 1.29 is 14.3 Å². The largest absolute Gasteiger partial charge is 0.464 e. The second kappa shape index (κ2) is 7.71. The second-order valence-corrected chi connectivity index (χ2v) is 5.13. The minimum Gasteiger partial charge on any atom is -0.464 e. The molecule has 116 valence electrons. The highest BCUT2D eigenvalue weighted by molar-refractivity contribution is 6.30. The van der Waals surface area contributed by atoms with Crippen LogP contribution in [0.1, 0.15) is 13.8 Å². The Hall–Kier alpha value is -2.20. The summed E-state index contributed by atoms with van der Waals surface area (Å²) in [5.41, 5.74) is 0.823. The molecule has 0 heterocycles. The number of anilines is 1. The van der Waals surface area contributed by atoms with Crippen molar-refractivity contribution in [2.24, 2.45) is 0 Å². The summed E-state index contributed by atoms with van der Waals surface area (Å²) in [4.78, 5) is 11.6. The molecular formula is C17H18ClNO3. The van der Waals surface area contributed by atoms with E-state index in [1.807, 2.05) is 24.3 Å². The number of hydrogen-bond acceptors (Lipinski definition) is 4. The van der Waals surface area contributed by atoms with Crippen LogP contribution in [0.25, 0.3) is 0 Å². The quantitative estimate of drug-likeness (QED) is 0.797. The fourth-order valence-electron chi connectivity index (χ4n) is 1.83. The van der Waals surface area contributed by atoms with Crippen molar-refractivity contribution in [3.8, 4) is 11.5 Å². The van der Waals surface area contributed by atoms with Gasteiger partial charge in [-0.25, -0.2) is 4.79 Å². The number of carbonyl (C=O) groups is 1. The van der Waals surface area contributed by atoms with E-state index in [1.54, 1.807) is 38.1 Å². The van der Waals surface area contributed by atoms with Crippen molar-refractivity contribution in [3.63, 3.8) is 0 Å². The molecular weight excluding hydrogens is 302 g/mol. The van der Waals surface area contributed by atoms with Gasteiger partial charge in [0.25, 0.3) is 0 Å². The molecule has 1 atom stereocenters. The van der Waals surface area contributed by atoms with Gasteiger partial charge < -0.3 is 14.8 Å². The maximum absolute atomic E-state index is 11.6. The number of rotatable bonds is 6. The van der Waals surface area contributed by atoms with Crippen molar-refractivity contribution in [2.75, 3.05) is 11.9 Å². The highest BCUT2D eigenvalue weighted by Gasteiger charge is 2.13. The number of esters is 1. The minimum absolute atomic E-state index is 0.274. The van der Waals surface area contributed by atoms with Crippen LogP contribution < -0.4 is 10.1 Å². The van der Waals surface area contributed by atoms with E-state index in [0.717, 1.165) is 5.69 Å². The van der Waals surface area contributed by atoms with Crippen LogP contribution in [-0.2, 0) is 9.53 Å². The van der Waals surface area contributed by atoms with Crippen molar-refractivity contribution in [1.82, 2.24) is 0 Å². The Labute approximate surface area is 135 Å². The lowest BCUT2D eigenvalue weighted by atomic mass is 10.2. The van der Waals surface area contributed by atoms with Gasteiger partial charge in [-0.2, -0.15) is 0 Å². The molecule has 0 fully saturated rings. The zero-order valence-corrected chi connectivity index (χ0v) is 13.3. The van der Waals surface area contributed by atoms with Crippen LogP contribution in [0.4, 0.5) is 5.69 Å². The summed E-state index contributed by atoms with van der Waals surface area (Å²) >= 11 is 5.83. The molecule has 2 rings (SSSR count). The fraction of sp³-hybridized carbons (Fsp3) is 0.235. The predicted molar refractivity (Wildman–Crippen MR) is 87.7 cm³/mol. The standard InChI is InChI=1S/C17H18ClNO3/c1-3-21-17(20)12(2)19-14-6-10-16(11-7-14)22-15-8-4-13(18)5-9-15/h4-12,19H,3H2,1-2H3. The first kappa shape index (κ1) is 16.2. The number of hydrogen-bond donors (Lipinski definition) is 1. The summed E-state index contributed by atoms with van der Waals surface area (Å²) < 4.78 is 10.7. The third kappa shape index (κ3) is 4.67. The average Bonchev–Trinajstić information content (AvgIpc) is 2.51. The van der Waals surface area contributed by atoms with Gasteiger partial charge in [-0.3, -0.25) is 0 Å². The Morgan fingerprint density at radius 1 is 1.09 bits per heavy atom. The highest BCUT2D eigenvalue weighted by Crippen LogP contribution is 2.24. The highest BCUT2D eigenvalue weighted by atomic mass is 35.5. The van der Waals surface area contributed by atoms with Gasteiger partial charge in [0.15, 0.2) is 0 Å². The van der Waals surface area contributed by atoms with Crippen LogP contribution in [0.5, 0.6) is 11.5 Å². The lowest BCUT2D eigenvalue weighted by Gasteiger charge is -2.14. The zero-order chi connectivity index (χ0) is 15.9. The molecule has 2 aromatic rings. The lowest BCUT2D eigenvalue weighted by molar-refractivity contribution is -0.143. The molecule has 1 N–H and O–H groups in total. The first-order valence-electron chi connectivity index (χ1n) is 7.05. The normalized spacial score (nSPS) is 11.6. The lowest BCUT2D eigenvalue weighted by Crippen LogP contribution is -2.28. The molecule has 0 aromatic heterocycles. The minimum atomic E-state index is -0.400. The summed E-state index contributed by atoms with van der Waals surface area (Å²) in [6.07, 6.45) is 0. The van der Waals surface area contributed by atoms with E-state index in [2.05, 4.69) is 5.32 Å². The zero-order valence-electron chi connectivity index (χ0n) is 12.5. The molecule has 0 saturated heterocycles. The maximum Gasteiger partial charge on any atom is 0.328 e. The summed E-state index contributed by atoms with van der Waals surface area (Å²) in [6, 6.07) is 14.1. The Bertz CT molecular complexity index is 611. The molecule has 0 radical (unpaired) electrons. The Morgan fingerprint density at radius 2 is 1.64 bits per heavy atom. The van der Waals surface area contributed by atoms with Crippen LogP contribution in [0.3, 0.4) is 0 Å². The van der Waals surface area contributed by atoms with E-state index in [0.29, 0.717) is 23.1 Å². The van der Waals surface area contributed by atoms with Gasteiger partial charge in [-0.05, 0) is 62.4 Å².